The van der Waals surface area contributed by atoms with Gasteiger partial charge in [0.05, 0.1) is 3.79 Å². The molecule has 0 aliphatic rings. The molecule has 0 aliphatic carbocycles. The summed E-state index contributed by atoms with van der Waals surface area (Å²) >= 11 is 5.19. The van der Waals surface area contributed by atoms with Crippen molar-refractivity contribution in [2.75, 3.05) is 6.54 Å². The second-order valence-corrected chi connectivity index (χ2v) is 5.34. The minimum Gasteiger partial charge on any atom is -0.311 e. The quantitative estimate of drug-likeness (QED) is 0.873. The molecule has 0 aromatic carbocycles. The summed E-state index contributed by atoms with van der Waals surface area (Å²) in [5.74, 6) is 0. The molecule has 72 valence electrons. The molecule has 1 atom stereocenters. The number of thiophene rings is 1. The molecule has 3 heteroatoms. The second kappa shape index (κ2) is 5.58. The van der Waals surface area contributed by atoms with Crippen LogP contribution < -0.4 is 5.32 Å². The number of hydrogen-bond acceptors (Lipinski definition) is 2. The number of likely N-dealkylation sites (N-methyl/N-ethyl adjacent to an activating group) is 1. The summed E-state index contributed by atoms with van der Waals surface area (Å²) in [7, 11) is 0. The zero-order chi connectivity index (χ0) is 9.68. The van der Waals surface area contributed by atoms with E-state index >= 15 is 0 Å². The van der Waals surface area contributed by atoms with E-state index in [1.54, 1.807) is 11.3 Å². The van der Waals surface area contributed by atoms with Crippen LogP contribution in [-0.4, -0.2) is 12.6 Å². The van der Waals surface area contributed by atoms with Gasteiger partial charge in [-0.2, -0.15) is 0 Å². The van der Waals surface area contributed by atoms with E-state index in [1.807, 2.05) is 0 Å². The Kier molecular flexibility index (Phi) is 4.70. The van der Waals surface area contributed by atoms with E-state index in [-0.39, 0.29) is 0 Å². The Morgan fingerprint density at radius 2 is 2.38 bits per heavy atom. The number of halogens is 1. The van der Waals surface area contributed by atoms with Crippen molar-refractivity contribution in [1.29, 1.82) is 0 Å². The summed E-state index contributed by atoms with van der Waals surface area (Å²) in [5, 5.41) is 3.33. The highest BCUT2D eigenvalue weighted by Crippen LogP contribution is 2.22. The summed E-state index contributed by atoms with van der Waals surface area (Å²) in [4.78, 5) is 1.29. The maximum absolute atomic E-state index is 3.44. The summed E-state index contributed by atoms with van der Waals surface area (Å²) in [5.41, 5.74) is 0. The van der Waals surface area contributed by atoms with Crippen molar-refractivity contribution in [2.45, 2.75) is 19.9 Å². The van der Waals surface area contributed by atoms with Gasteiger partial charge < -0.3 is 5.32 Å². The van der Waals surface area contributed by atoms with Crippen LogP contribution in [0.4, 0.5) is 0 Å². The van der Waals surface area contributed by atoms with Crippen molar-refractivity contribution in [3.05, 3.63) is 26.9 Å². The highest BCUT2D eigenvalue weighted by atomic mass is 79.9. The van der Waals surface area contributed by atoms with Crippen LogP contribution in [0.15, 0.2) is 22.0 Å². The molecule has 0 saturated heterocycles. The molecule has 1 N–H and O–H groups in total. The van der Waals surface area contributed by atoms with Gasteiger partial charge in [0.2, 0.25) is 0 Å². The molecule has 0 spiro atoms. The second-order valence-electron chi connectivity index (χ2n) is 2.85. The predicted molar refractivity (Wildman–Crippen MR) is 64.2 cm³/mol. The fourth-order valence-electron chi connectivity index (χ4n) is 1.05. The smallest absolute Gasteiger partial charge is 0.0704 e. The van der Waals surface area contributed by atoms with E-state index in [4.69, 9.17) is 0 Å². The van der Waals surface area contributed by atoms with Crippen LogP contribution in [-0.2, 0) is 0 Å². The zero-order valence-electron chi connectivity index (χ0n) is 7.88. The average Bonchev–Trinajstić information content (AvgIpc) is 2.49. The lowest BCUT2D eigenvalue weighted by molar-refractivity contribution is 0.663. The van der Waals surface area contributed by atoms with E-state index in [0.717, 1.165) is 6.54 Å². The molecule has 1 heterocycles. The Balaban J connectivity index is 2.48. The van der Waals surface area contributed by atoms with Crippen molar-refractivity contribution in [3.8, 4) is 0 Å². The molecule has 1 unspecified atom stereocenters. The summed E-state index contributed by atoms with van der Waals surface area (Å²) < 4.78 is 1.18. The zero-order valence-corrected chi connectivity index (χ0v) is 10.3. The molecular weight excluding hydrogens is 246 g/mol. The van der Waals surface area contributed by atoms with Gasteiger partial charge in [0.15, 0.2) is 0 Å². The van der Waals surface area contributed by atoms with Crippen molar-refractivity contribution < 1.29 is 0 Å². The Hall–Kier alpha value is -0.120. The van der Waals surface area contributed by atoms with Gasteiger partial charge in [-0.15, -0.1) is 11.3 Å². The van der Waals surface area contributed by atoms with Gasteiger partial charge in [0, 0.05) is 10.9 Å². The fourth-order valence-corrected chi connectivity index (χ4v) is 2.38. The van der Waals surface area contributed by atoms with Crippen LogP contribution in [0.2, 0.25) is 0 Å². The average molecular weight is 260 g/mol. The first-order valence-electron chi connectivity index (χ1n) is 4.39. The molecule has 1 rings (SSSR count). The lowest BCUT2D eigenvalue weighted by atomic mass is 10.3. The van der Waals surface area contributed by atoms with Gasteiger partial charge in [-0.1, -0.05) is 13.0 Å². The van der Waals surface area contributed by atoms with E-state index in [1.165, 1.54) is 8.66 Å². The van der Waals surface area contributed by atoms with Crippen LogP contribution in [0.5, 0.6) is 0 Å². The molecular formula is C10H14BrNS. The Morgan fingerprint density at radius 3 is 2.92 bits per heavy atom. The summed E-state index contributed by atoms with van der Waals surface area (Å²) in [6.07, 6.45) is 4.34. The third-order valence-electron chi connectivity index (χ3n) is 1.67. The van der Waals surface area contributed by atoms with Crippen LogP contribution >= 0.6 is 27.3 Å². The van der Waals surface area contributed by atoms with Gasteiger partial charge in [-0.05, 0) is 47.6 Å². The molecule has 0 amide bonds. The van der Waals surface area contributed by atoms with E-state index in [2.05, 4.69) is 59.4 Å². The highest BCUT2D eigenvalue weighted by molar-refractivity contribution is 9.11. The van der Waals surface area contributed by atoms with Crippen molar-refractivity contribution in [2.24, 2.45) is 0 Å². The monoisotopic (exact) mass is 259 g/mol. The van der Waals surface area contributed by atoms with Crippen molar-refractivity contribution >= 4 is 33.3 Å². The van der Waals surface area contributed by atoms with E-state index in [9.17, 15) is 0 Å². The van der Waals surface area contributed by atoms with Crippen molar-refractivity contribution in [3.63, 3.8) is 0 Å². The first-order chi connectivity index (χ1) is 6.22. The van der Waals surface area contributed by atoms with Crippen LogP contribution in [0, 0.1) is 0 Å². The van der Waals surface area contributed by atoms with Crippen LogP contribution in [0.1, 0.15) is 18.7 Å². The lowest BCUT2D eigenvalue weighted by Gasteiger charge is -2.04. The van der Waals surface area contributed by atoms with Gasteiger partial charge >= 0.3 is 0 Å². The number of hydrogen-bond donors (Lipinski definition) is 1. The molecule has 0 fully saturated rings. The number of rotatable bonds is 4. The van der Waals surface area contributed by atoms with E-state index in [0.29, 0.717) is 6.04 Å². The molecule has 1 aromatic heterocycles. The maximum Gasteiger partial charge on any atom is 0.0704 e. The Labute approximate surface area is 92.0 Å². The molecule has 0 bridgehead atoms. The third-order valence-corrected chi connectivity index (χ3v) is 3.26. The summed E-state index contributed by atoms with van der Waals surface area (Å²) in [6, 6.07) is 4.64. The Bertz CT molecular complexity index is 280. The molecule has 1 nitrogen and oxygen atoms in total. The van der Waals surface area contributed by atoms with Gasteiger partial charge in [0.1, 0.15) is 0 Å². The number of nitrogens with one attached hydrogen (secondary N) is 1. The van der Waals surface area contributed by atoms with Gasteiger partial charge in [-0.3, -0.25) is 0 Å². The molecule has 1 aromatic rings. The summed E-state index contributed by atoms with van der Waals surface area (Å²) in [6.45, 7) is 5.29. The minimum atomic E-state index is 0.450. The molecule has 13 heavy (non-hydrogen) atoms. The Morgan fingerprint density at radius 1 is 1.62 bits per heavy atom. The van der Waals surface area contributed by atoms with Gasteiger partial charge in [-0.25, -0.2) is 0 Å². The van der Waals surface area contributed by atoms with Crippen molar-refractivity contribution in [1.82, 2.24) is 5.32 Å². The van der Waals surface area contributed by atoms with Crippen LogP contribution in [0.25, 0.3) is 6.08 Å². The van der Waals surface area contributed by atoms with E-state index < -0.39 is 0 Å². The largest absolute Gasteiger partial charge is 0.311 e. The topological polar surface area (TPSA) is 12.0 Å². The predicted octanol–water partition coefficient (Wildman–Crippen LogP) is 3.52. The van der Waals surface area contributed by atoms with Crippen LogP contribution in [0.3, 0.4) is 0 Å². The first kappa shape index (κ1) is 11.0. The fraction of sp³-hybridized carbons (Fsp3) is 0.400. The lowest BCUT2D eigenvalue weighted by Crippen LogP contribution is -2.22. The van der Waals surface area contributed by atoms with Gasteiger partial charge in [0.25, 0.3) is 0 Å². The standard InChI is InChI=1S/C10H14BrNS/c1-3-12-8(2)4-5-9-6-7-10(11)13-9/h4-8,12H,3H2,1-2H3/b5-4+. The maximum atomic E-state index is 3.44. The molecule has 0 radical (unpaired) electrons. The SMILES string of the molecule is CCNC(C)/C=C/c1ccc(Br)s1. The highest BCUT2D eigenvalue weighted by Gasteiger charge is 1.94. The first-order valence-corrected chi connectivity index (χ1v) is 6.00. The normalized spacial score (nSPS) is 13.8. The minimum absolute atomic E-state index is 0.450. The molecule has 0 aliphatic heterocycles. The third kappa shape index (κ3) is 4.07. The molecule has 0 saturated carbocycles.